The van der Waals surface area contributed by atoms with Gasteiger partial charge in [0, 0.05) is 10.5 Å². The summed E-state index contributed by atoms with van der Waals surface area (Å²) in [5.74, 6) is -0.994. The normalized spacial score (nSPS) is 9.96. The minimum Gasteiger partial charge on any atom is -0.477 e. The van der Waals surface area contributed by atoms with E-state index in [2.05, 4.69) is 26.6 Å². The number of carbonyl (C=O) groups is 2. The van der Waals surface area contributed by atoms with Crippen molar-refractivity contribution in [1.29, 1.82) is 0 Å². The van der Waals surface area contributed by atoms with E-state index in [0.717, 1.165) is 4.47 Å². The number of hydrogen-bond donors (Lipinski definition) is 2. The van der Waals surface area contributed by atoms with E-state index < -0.39 is 23.3 Å². The fraction of sp³-hybridized carbons (Fsp3) is 0.125. The highest BCUT2D eigenvalue weighted by molar-refractivity contribution is 9.10. The van der Waals surface area contributed by atoms with Crippen molar-refractivity contribution in [2.24, 2.45) is 0 Å². The van der Waals surface area contributed by atoms with E-state index in [1.54, 1.807) is 24.3 Å². The van der Waals surface area contributed by atoms with Gasteiger partial charge in [-0.25, -0.2) is 0 Å². The molecule has 0 aromatic heterocycles. The van der Waals surface area contributed by atoms with Crippen LogP contribution in [-0.2, 0) is 9.59 Å². The molecule has 2 aromatic carbocycles. The standard InChI is InChI=1S/C16H14BrN3O5/c17-11-5-1-2-6-12(11)19-15(21)9-18-16(22)10-25-14-8-4-3-7-13(14)20(23)24/h1-8H,9-10H2,(H,18,22)(H,19,21). The summed E-state index contributed by atoms with van der Waals surface area (Å²) >= 11 is 3.30. The predicted molar refractivity (Wildman–Crippen MR) is 94.4 cm³/mol. The summed E-state index contributed by atoms with van der Waals surface area (Å²) in [5, 5.41) is 15.9. The van der Waals surface area contributed by atoms with Crippen molar-refractivity contribution >= 4 is 39.1 Å². The van der Waals surface area contributed by atoms with Gasteiger partial charge in [-0.15, -0.1) is 0 Å². The Morgan fingerprint density at radius 3 is 2.48 bits per heavy atom. The van der Waals surface area contributed by atoms with E-state index in [-0.39, 0.29) is 18.0 Å². The number of halogens is 1. The van der Waals surface area contributed by atoms with E-state index >= 15 is 0 Å². The van der Waals surface area contributed by atoms with Crippen LogP contribution in [0.2, 0.25) is 0 Å². The van der Waals surface area contributed by atoms with Gasteiger partial charge in [0.1, 0.15) is 0 Å². The van der Waals surface area contributed by atoms with Crippen LogP contribution in [-0.4, -0.2) is 29.9 Å². The van der Waals surface area contributed by atoms with Gasteiger partial charge in [-0.1, -0.05) is 24.3 Å². The molecule has 25 heavy (non-hydrogen) atoms. The molecule has 0 aliphatic rings. The van der Waals surface area contributed by atoms with Crippen LogP contribution in [0.15, 0.2) is 53.0 Å². The van der Waals surface area contributed by atoms with Crippen LogP contribution in [0.1, 0.15) is 0 Å². The fourth-order valence-electron chi connectivity index (χ4n) is 1.86. The molecule has 0 aliphatic carbocycles. The van der Waals surface area contributed by atoms with Gasteiger partial charge in [-0.2, -0.15) is 0 Å². The molecule has 0 saturated heterocycles. The molecule has 0 aliphatic heterocycles. The molecule has 2 N–H and O–H groups in total. The number of carbonyl (C=O) groups excluding carboxylic acids is 2. The van der Waals surface area contributed by atoms with Crippen molar-refractivity contribution < 1.29 is 19.2 Å². The molecule has 8 nitrogen and oxygen atoms in total. The number of nitrogens with one attached hydrogen (secondary N) is 2. The first-order chi connectivity index (χ1) is 12.0. The second-order valence-corrected chi connectivity index (χ2v) is 5.67. The molecular formula is C16H14BrN3O5. The van der Waals surface area contributed by atoms with E-state index in [0.29, 0.717) is 5.69 Å². The molecule has 0 bridgehead atoms. The Hall–Kier alpha value is -2.94. The van der Waals surface area contributed by atoms with Gasteiger partial charge in [-0.3, -0.25) is 19.7 Å². The van der Waals surface area contributed by atoms with Gasteiger partial charge in [0.2, 0.25) is 5.91 Å². The highest BCUT2D eigenvalue weighted by Crippen LogP contribution is 2.25. The summed E-state index contributed by atoms with van der Waals surface area (Å²) in [6.45, 7) is -0.687. The molecule has 0 saturated carbocycles. The number of hydrogen-bond acceptors (Lipinski definition) is 5. The van der Waals surface area contributed by atoms with Gasteiger partial charge >= 0.3 is 5.69 Å². The molecule has 2 aromatic rings. The van der Waals surface area contributed by atoms with Crippen molar-refractivity contribution in [3.05, 3.63) is 63.1 Å². The average Bonchev–Trinajstić information content (AvgIpc) is 2.60. The van der Waals surface area contributed by atoms with Crippen LogP contribution in [0.25, 0.3) is 0 Å². The third-order valence-corrected chi connectivity index (χ3v) is 3.71. The van der Waals surface area contributed by atoms with Crippen molar-refractivity contribution in [2.75, 3.05) is 18.5 Å². The van der Waals surface area contributed by atoms with E-state index in [1.807, 2.05) is 6.07 Å². The van der Waals surface area contributed by atoms with E-state index in [1.165, 1.54) is 18.2 Å². The molecule has 0 atom stereocenters. The molecule has 0 fully saturated rings. The Labute approximate surface area is 151 Å². The molecule has 2 rings (SSSR count). The Bertz CT molecular complexity index is 797. The fourth-order valence-corrected chi connectivity index (χ4v) is 2.24. The predicted octanol–water partition coefficient (Wildman–Crippen LogP) is 2.49. The third kappa shape index (κ3) is 5.57. The zero-order chi connectivity index (χ0) is 18.2. The summed E-state index contributed by atoms with van der Waals surface area (Å²) in [7, 11) is 0. The first-order valence-corrected chi connectivity index (χ1v) is 7.94. The second kappa shape index (κ2) is 8.78. The number of nitro groups is 1. The van der Waals surface area contributed by atoms with E-state index in [4.69, 9.17) is 4.74 Å². The van der Waals surface area contributed by atoms with Crippen molar-refractivity contribution in [2.45, 2.75) is 0 Å². The number of ether oxygens (including phenoxy) is 1. The molecule has 0 unspecified atom stereocenters. The number of amides is 2. The smallest absolute Gasteiger partial charge is 0.310 e. The zero-order valence-electron chi connectivity index (χ0n) is 12.9. The first kappa shape index (κ1) is 18.4. The van der Waals surface area contributed by atoms with E-state index in [9.17, 15) is 19.7 Å². The Morgan fingerprint density at radius 2 is 1.76 bits per heavy atom. The summed E-state index contributed by atoms with van der Waals surface area (Å²) in [6.07, 6.45) is 0. The Balaban J connectivity index is 1.80. The molecule has 9 heteroatoms. The minimum atomic E-state index is -0.599. The van der Waals surface area contributed by atoms with Crippen LogP contribution < -0.4 is 15.4 Å². The van der Waals surface area contributed by atoms with Gasteiger partial charge in [0.05, 0.1) is 17.2 Å². The van der Waals surface area contributed by atoms with Crippen molar-refractivity contribution in [3.63, 3.8) is 0 Å². The van der Waals surface area contributed by atoms with Gasteiger partial charge < -0.3 is 15.4 Å². The number of nitrogens with zero attached hydrogens (tertiary/aromatic N) is 1. The maximum Gasteiger partial charge on any atom is 0.310 e. The number of para-hydroxylation sites is 3. The number of anilines is 1. The van der Waals surface area contributed by atoms with Gasteiger partial charge in [0.25, 0.3) is 5.91 Å². The van der Waals surface area contributed by atoms with Crippen LogP contribution in [0.4, 0.5) is 11.4 Å². The summed E-state index contributed by atoms with van der Waals surface area (Å²) < 4.78 is 5.85. The Kier molecular flexibility index (Phi) is 6.47. The zero-order valence-corrected chi connectivity index (χ0v) is 14.5. The lowest BCUT2D eigenvalue weighted by molar-refractivity contribution is -0.385. The number of nitro benzene ring substituents is 1. The largest absolute Gasteiger partial charge is 0.477 e. The first-order valence-electron chi connectivity index (χ1n) is 7.14. The van der Waals surface area contributed by atoms with Crippen LogP contribution in [0.3, 0.4) is 0 Å². The molecular weight excluding hydrogens is 394 g/mol. The Morgan fingerprint density at radius 1 is 1.08 bits per heavy atom. The highest BCUT2D eigenvalue weighted by atomic mass is 79.9. The van der Waals surface area contributed by atoms with Crippen molar-refractivity contribution in [3.8, 4) is 5.75 Å². The van der Waals surface area contributed by atoms with Gasteiger partial charge in [0.15, 0.2) is 12.4 Å². The lowest BCUT2D eigenvalue weighted by atomic mass is 10.3. The monoisotopic (exact) mass is 407 g/mol. The quantitative estimate of drug-likeness (QED) is 0.540. The topological polar surface area (TPSA) is 111 Å². The average molecular weight is 408 g/mol. The minimum absolute atomic E-state index is 0.0136. The number of benzene rings is 2. The van der Waals surface area contributed by atoms with Crippen molar-refractivity contribution in [1.82, 2.24) is 5.32 Å². The molecule has 130 valence electrons. The van der Waals surface area contributed by atoms with Gasteiger partial charge in [-0.05, 0) is 34.1 Å². The summed E-state index contributed by atoms with van der Waals surface area (Å²) in [6, 6.07) is 12.8. The maximum atomic E-state index is 11.8. The van der Waals surface area contributed by atoms with Crippen LogP contribution in [0, 0.1) is 10.1 Å². The summed E-state index contributed by atoms with van der Waals surface area (Å²) in [5.41, 5.74) is 0.347. The molecule has 0 radical (unpaired) electrons. The molecule has 0 spiro atoms. The SMILES string of the molecule is O=C(COc1ccccc1[N+](=O)[O-])NCC(=O)Nc1ccccc1Br. The maximum absolute atomic E-state index is 11.8. The molecule has 0 heterocycles. The van der Waals surface area contributed by atoms with Crippen LogP contribution >= 0.6 is 15.9 Å². The third-order valence-electron chi connectivity index (χ3n) is 3.01. The lowest BCUT2D eigenvalue weighted by Crippen LogP contribution is -2.35. The molecule has 2 amide bonds. The second-order valence-electron chi connectivity index (χ2n) is 4.82. The van der Waals surface area contributed by atoms with Crippen LogP contribution in [0.5, 0.6) is 5.75 Å². The summed E-state index contributed by atoms with van der Waals surface area (Å²) in [4.78, 5) is 33.8. The lowest BCUT2D eigenvalue weighted by Gasteiger charge is -2.09. The highest BCUT2D eigenvalue weighted by Gasteiger charge is 2.15. The number of rotatable bonds is 7.